The van der Waals surface area contributed by atoms with Crippen LogP contribution in [0.5, 0.6) is 0 Å². The Bertz CT molecular complexity index is 232. The van der Waals surface area contributed by atoms with Gasteiger partial charge < -0.3 is 9.80 Å². The molecule has 3 N–H and O–H groups in total. The molecule has 0 fully saturated rings. The average Bonchev–Trinajstić information content (AvgIpc) is 2.38. The van der Waals surface area contributed by atoms with Crippen LogP contribution >= 0.6 is 12.4 Å². The van der Waals surface area contributed by atoms with Gasteiger partial charge in [0, 0.05) is 26.2 Å². The zero-order valence-corrected chi connectivity index (χ0v) is 14.3. The zero-order valence-electron chi connectivity index (χ0n) is 13.5. The standard InChI is InChI=1S/C14H31N5.ClH/c1-5-9-18(10-6-2)13(15)17-14(16)19(11-7-3)12-8-4;/h5-12H2,1-4H3,(H3,15,16,17);1H. The third-order valence-corrected chi connectivity index (χ3v) is 2.84. The summed E-state index contributed by atoms with van der Waals surface area (Å²) in [6, 6.07) is 0. The van der Waals surface area contributed by atoms with Crippen molar-refractivity contribution < 1.29 is 0 Å². The molecule has 0 aromatic heterocycles. The summed E-state index contributed by atoms with van der Waals surface area (Å²) < 4.78 is 0. The van der Waals surface area contributed by atoms with E-state index in [4.69, 9.17) is 10.8 Å². The fraction of sp³-hybridized carbons (Fsp3) is 0.857. The minimum absolute atomic E-state index is 0. The van der Waals surface area contributed by atoms with Crippen molar-refractivity contribution in [2.75, 3.05) is 26.2 Å². The normalized spacial score (nSPS) is 9.60. The molecule has 0 aliphatic rings. The van der Waals surface area contributed by atoms with Crippen LogP contribution in [0.25, 0.3) is 0 Å². The van der Waals surface area contributed by atoms with Crippen molar-refractivity contribution in [2.24, 2.45) is 0 Å². The van der Waals surface area contributed by atoms with Gasteiger partial charge >= 0.3 is 0 Å². The van der Waals surface area contributed by atoms with E-state index in [0.29, 0.717) is 11.9 Å². The van der Waals surface area contributed by atoms with E-state index in [1.54, 1.807) is 0 Å². The molecule has 0 rings (SSSR count). The van der Waals surface area contributed by atoms with Crippen LogP contribution in [-0.4, -0.2) is 47.9 Å². The van der Waals surface area contributed by atoms with Crippen LogP contribution in [0.4, 0.5) is 0 Å². The van der Waals surface area contributed by atoms with Crippen LogP contribution in [0.1, 0.15) is 53.4 Å². The molecule has 20 heavy (non-hydrogen) atoms. The minimum atomic E-state index is 0. The molecule has 0 bridgehead atoms. The molecule has 0 radical (unpaired) electrons. The first-order chi connectivity index (χ1) is 9.10. The summed E-state index contributed by atoms with van der Waals surface area (Å²) in [5, 5.41) is 19.1. The molecule has 0 unspecified atom stereocenters. The maximum Gasteiger partial charge on any atom is 0.197 e. The Morgan fingerprint density at radius 1 is 0.700 bits per heavy atom. The Morgan fingerprint density at radius 2 is 0.950 bits per heavy atom. The predicted molar refractivity (Wildman–Crippen MR) is 90.1 cm³/mol. The van der Waals surface area contributed by atoms with E-state index < -0.39 is 0 Å². The lowest BCUT2D eigenvalue weighted by Gasteiger charge is -2.29. The molecule has 5 nitrogen and oxygen atoms in total. The SMILES string of the molecule is CCCN(CCC)C(=N)NC(=N)N(CCC)CCC.Cl. The summed E-state index contributed by atoms with van der Waals surface area (Å²) in [4.78, 5) is 4.01. The van der Waals surface area contributed by atoms with Crippen molar-refractivity contribution in [3.8, 4) is 0 Å². The van der Waals surface area contributed by atoms with Gasteiger partial charge in [-0.25, -0.2) is 0 Å². The number of nitrogens with one attached hydrogen (secondary N) is 3. The summed E-state index contributed by atoms with van der Waals surface area (Å²) in [7, 11) is 0. The molecule has 0 aromatic rings. The fourth-order valence-corrected chi connectivity index (χ4v) is 2.02. The van der Waals surface area contributed by atoms with Crippen molar-refractivity contribution >= 4 is 24.3 Å². The molecule has 0 heterocycles. The Labute approximate surface area is 130 Å². The fourth-order valence-electron chi connectivity index (χ4n) is 2.02. The molecule has 120 valence electrons. The number of hydrogen-bond donors (Lipinski definition) is 3. The molecule has 0 amide bonds. The van der Waals surface area contributed by atoms with E-state index in [0.717, 1.165) is 51.9 Å². The average molecular weight is 306 g/mol. The highest BCUT2D eigenvalue weighted by Gasteiger charge is 2.13. The maximum atomic E-state index is 8.09. The van der Waals surface area contributed by atoms with Gasteiger partial charge in [-0.1, -0.05) is 27.7 Å². The summed E-state index contributed by atoms with van der Waals surface area (Å²) in [6.45, 7) is 11.9. The third-order valence-electron chi connectivity index (χ3n) is 2.84. The predicted octanol–water partition coefficient (Wildman–Crippen LogP) is 3.11. The first kappa shape index (κ1) is 21.3. The lowest BCUT2D eigenvalue weighted by molar-refractivity contribution is 0.386. The molecule has 0 aliphatic carbocycles. The number of nitrogens with zero attached hydrogens (tertiary/aromatic N) is 2. The lowest BCUT2D eigenvalue weighted by atomic mass is 10.3. The van der Waals surface area contributed by atoms with E-state index in [2.05, 4.69) is 33.0 Å². The molecular formula is C14H32ClN5. The van der Waals surface area contributed by atoms with Crippen molar-refractivity contribution in [1.82, 2.24) is 15.1 Å². The van der Waals surface area contributed by atoms with E-state index in [-0.39, 0.29) is 12.4 Å². The van der Waals surface area contributed by atoms with Crippen molar-refractivity contribution in [1.29, 1.82) is 10.8 Å². The second-order valence-electron chi connectivity index (χ2n) is 4.80. The van der Waals surface area contributed by atoms with Crippen LogP contribution in [0, 0.1) is 10.8 Å². The second-order valence-corrected chi connectivity index (χ2v) is 4.80. The minimum Gasteiger partial charge on any atom is -0.343 e. The Hall–Kier alpha value is -0.970. The molecule has 0 saturated heterocycles. The summed E-state index contributed by atoms with van der Waals surface area (Å²) in [5.74, 6) is 0.705. The zero-order chi connectivity index (χ0) is 14.7. The second kappa shape index (κ2) is 13.0. The van der Waals surface area contributed by atoms with Gasteiger partial charge in [-0.05, 0) is 25.7 Å². The monoisotopic (exact) mass is 305 g/mol. The Kier molecular flexibility index (Phi) is 13.9. The number of halogens is 1. The molecular weight excluding hydrogens is 274 g/mol. The van der Waals surface area contributed by atoms with E-state index in [1.807, 2.05) is 9.80 Å². The van der Waals surface area contributed by atoms with Gasteiger partial charge in [0.1, 0.15) is 0 Å². The van der Waals surface area contributed by atoms with E-state index in [9.17, 15) is 0 Å². The Balaban J connectivity index is 0. The van der Waals surface area contributed by atoms with Crippen LogP contribution in [-0.2, 0) is 0 Å². The molecule has 0 aliphatic heterocycles. The number of rotatable bonds is 8. The van der Waals surface area contributed by atoms with Crippen LogP contribution in [0.3, 0.4) is 0 Å². The summed E-state index contributed by atoms with van der Waals surface area (Å²) >= 11 is 0. The number of hydrogen-bond acceptors (Lipinski definition) is 2. The highest BCUT2D eigenvalue weighted by atomic mass is 35.5. The van der Waals surface area contributed by atoms with Gasteiger partial charge in [-0.15, -0.1) is 12.4 Å². The smallest absolute Gasteiger partial charge is 0.197 e. The highest BCUT2D eigenvalue weighted by molar-refractivity contribution is 5.95. The van der Waals surface area contributed by atoms with Gasteiger partial charge in [-0.2, -0.15) is 0 Å². The van der Waals surface area contributed by atoms with Crippen LogP contribution < -0.4 is 5.32 Å². The van der Waals surface area contributed by atoms with Gasteiger partial charge in [-0.3, -0.25) is 16.1 Å². The number of guanidine groups is 2. The van der Waals surface area contributed by atoms with Gasteiger partial charge in [0.25, 0.3) is 0 Å². The van der Waals surface area contributed by atoms with E-state index >= 15 is 0 Å². The first-order valence-corrected chi connectivity index (χ1v) is 7.54. The van der Waals surface area contributed by atoms with Gasteiger partial charge in [0.15, 0.2) is 11.9 Å². The lowest BCUT2D eigenvalue weighted by Crippen LogP contribution is -2.50. The molecule has 0 atom stereocenters. The highest BCUT2D eigenvalue weighted by Crippen LogP contribution is 1.97. The molecule has 0 saturated carbocycles. The van der Waals surface area contributed by atoms with Crippen LogP contribution in [0.2, 0.25) is 0 Å². The summed E-state index contributed by atoms with van der Waals surface area (Å²) in [5.41, 5.74) is 0. The van der Waals surface area contributed by atoms with Crippen molar-refractivity contribution in [3.05, 3.63) is 0 Å². The Morgan fingerprint density at radius 3 is 1.15 bits per heavy atom. The topological polar surface area (TPSA) is 66.2 Å². The van der Waals surface area contributed by atoms with Crippen molar-refractivity contribution in [2.45, 2.75) is 53.4 Å². The summed E-state index contributed by atoms with van der Waals surface area (Å²) in [6.07, 6.45) is 4.08. The van der Waals surface area contributed by atoms with Crippen molar-refractivity contribution in [3.63, 3.8) is 0 Å². The molecule has 0 aromatic carbocycles. The third kappa shape index (κ3) is 8.25. The van der Waals surface area contributed by atoms with Crippen LogP contribution in [0.15, 0.2) is 0 Å². The van der Waals surface area contributed by atoms with Gasteiger partial charge in [0.2, 0.25) is 0 Å². The quantitative estimate of drug-likeness (QED) is 0.477. The maximum absolute atomic E-state index is 8.09. The van der Waals surface area contributed by atoms with E-state index in [1.165, 1.54) is 0 Å². The van der Waals surface area contributed by atoms with Gasteiger partial charge in [0.05, 0.1) is 0 Å². The first-order valence-electron chi connectivity index (χ1n) is 7.54. The molecule has 6 heteroatoms. The molecule has 0 spiro atoms. The largest absolute Gasteiger partial charge is 0.343 e.